The number of fused-ring (bicyclic) bond motifs is 1. The van der Waals surface area contributed by atoms with Gasteiger partial charge in [0.2, 0.25) is 5.88 Å². The van der Waals surface area contributed by atoms with Gasteiger partial charge in [0.05, 0.1) is 20.6 Å². The number of benzene rings is 2. The van der Waals surface area contributed by atoms with Crippen molar-refractivity contribution in [2.24, 2.45) is 4.99 Å². The third-order valence-electron chi connectivity index (χ3n) is 4.35. The smallest absolute Gasteiger partial charge is 0.338 e. The highest BCUT2D eigenvalue weighted by Gasteiger charge is 2.20. The summed E-state index contributed by atoms with van der Waals surface area (Å²) in [6.45, 7) is 1.90. The van der Waals surface area contributed by atoms with Gasteiger partial charge >= 0.3 is 6.03 Å². The number of carbonyl (C=O) groups is 1. The van der Waals surface area contributed by atoms with Crippen LogP contribution >= 0.6 is 46.8 Å². The Morgan fingerprint density at radius 2 is 2.00 bits per heavy atom. The second kappa shape index (κ2) is 8.23. The first-order valence-corrected chi connectivity index (χ1v) is 10.7. The molecule has 0 radical (unpaired) electrons. The van der Waals surface area contributed by atoms with Crippen LogP contribution in [-0.2, 0) is 0 Å². The molecule has 0 atom stereocenters. The fourth-order valence-corrected chi connectivity index (χ4v) is 4.43. The van der Waals surface area contributed by atoms with Crippen LogP contribution in [0.5, 0.6) is 5.88 Å². The Balaban J connectivity index is 1.59. The summed E-state index contributed by atoms with van der Waals surface area (Å²) < 4.78 is 1.43. The number of nitrogens with one attached hydrogen (secondary N) is 2. The molecule has 1 aliphatic rings. The summed E-state index contributed by atoms with van der Waals surface area (Å²) >= 11 is 18.3. The third-order valence-corrected chi connectivity index (χ3v) is 6.40. The zero-order chi connectivity index (χ0) is 21.4. The minimum Gasteiger partial charge on any atom is -0.492 e. The summed E-state index contributed by atoms with van der Waals surface area (Å²) in [5, 5.41) is 13.9. The highest BCUT2D eigenvalue weighted by molar-refractivity contribution is 7.73. The van der Waals surface area contributed by atoms with Crippen molar-refractivity contribution in [2.75, 3.05) is 10.7 Å². The topological polar surface area (TPSA) is 78.7 Å². The van der Waals surface area contributed by atoms with Crippen LogP contribution < -0.4 is 10.7 Å². The molecular weight excluding hydrogens is 463 g/mol. The molecule has 2 aromatic carbocycles. The van der Waals surface area contributed by atoms with Crippen LogP contribution in [0.25, 0.3) is 11.6 Å². The van der Waals surface area contributed by atoms with Gasteiger partial charge in [0, 0.05) is 22.5 Å². The monoisotopic (exact) mass is 476 g/mol. The number of hydrogen-bond acceptors (Lipinski definition) is 5. The Labute approximate surface area is 191 Å². The zero-order valence-corrected chi connectivity index (χ0v) is 18.6. The van der Waals surface area contributed by atoms with Gasteiger partial charge in [-0.05, 0) is 49.5 Å². The molecular formula is C20H14Cl2N4O2S2. The summed E-state index contributed by atoms with van der Waals surface area (Å²) in [5.41, 5.74) is 6.56. The number of allylic oxidation sites excluding steroid dienone is 1. The van der Waals surface area contributed by atoms with Crippen molar-refractivity contribution >= 4 is 81.5 Å². The summed E-state index contributed by atoms with van der Waals surface area (Å²) in [5.74, 6) is -0.168. The average molecular weight is 477 g/mol. The standard InChI is InChI=1S/C20H14Cl2N4O2S2/c1-10-13(12-4-2-3-5-16(12)23-10)9-17-18(27)26(20(29)30-17)25-19(28)24-11-6-7-14(21)15(22)8-11/h2-9,27H,1H3,(H2,24,25,28). The third kappa shape index (κ3) is 3.99. The number of carbonyl (C=O) groups excluding carboxylic acids is 1. The van der Waals surface area contributed by atoms with E-state index in [9.17, 15) is 9.90 Å². The van der Waals surface area contributed by atoms with E-state index in [1.54, 1.807) is 12.1 Å². The SMILES string of the molecule is CC1=Nc2ccccc2C1=Cc1sc(=S)n(NC(=O)Nc2ccc(Cl)c(Cl)c2)c1O. The number of halogens is 2. The number of urea groups is 1. The zero-order valence-electron chi connectivity index (χ0n) is 15.4. The van der Waals surface area contributed by atoms with Crippen LogP contribution in [0.15, 0.2) is 47.5 Å². The van der Waals surface area contributed by atoms with Gasteiger partial charge in [-0.3, -0.25) is 4.99 Å². The van der Waals surface area contributed by atoms with Crippen LogP contribution in [0.3, 0.4) is 0 Å². The van der Waals surface area contributed by atoms with Gasteiger partial charge in [0.1, 0.15) is 0 Å². The first kappa shape index (κ1) is 20.6. The number of nitrogens with zero attached hydrogens (tertiary/aromatic N) is 2. The van der Waals surface area contributed by atoms with Crippen LogP contribution in [-0.4, -0.2) is 21.5 Å². The maximum Gasteiger partial charge on any atom is 0.338 e. The van der Waals surface area contributed by atoms with E-state index in [-0.39, 0.29) is 9.83 Å². The Morgan fingerprint density at radius 3 is 2.77 bits per heavy atom. The Hall–Kier alpha value is -2.65. The number of hydrogen-bond donors (Lipinski definition) is 3. The number of thiazole rings is 1. The normalized spacial score (nSPS) is 13.8. The Kier molecular flexibility index (Phi) is 5.66. The molecule has 0 unspecified atom stereocenters. The fourth-order valence-electron chi connectivity index (χ4n) is 2.96. The number of aromatic nitrogens is 1. The van der Waals surface area contributed by atoms with Crippen LogP contribution in [0.4, 0.5) is 16.2 Å². The molecule has 0 fully saturated rings. The van der Waals surface area contributed by atoms with E-state index in [4.69, 9.17) is 35.4 Å². The lowest BCUT2D eigenvalue weighted by Crippen LogP contribution is -2.27. The summed E-state index contributed by atoms with van der Waals surface area (Å²) in [6.07, 6.45) is 1.81. The quantitative estimate of drug-likeness (QED) is 0.367. The minimum absolute atomic E-state index is 0.168. The minimum atomic E-state index is -0.597. The molecule has 2 amide bonds. The number of aliphatic imine (C=N–C) groups is 1. The molecule has 3 N–H and O–H groups in total. The fraction of sp³-hybridized carbons (Fsp3) is 0.0500. The molecule has 2 heterocycles. The van der Waals surface area contributed by atoms with Gasteiger partial charge in [-0.1, -0.05) is 52.7 Å². The highest BCUT2D eigenvalue weighted by atomic mass is 35.5. The second-order valence-corrected chi connectivity index (χ2v) is 8.85. The van der Waals surface area contributed by atoms with Crippen LogP contribution in [0, 0.1) is 3.95 Å². The average Bonchev–Trinajstić information content (AvgIpc) is 3.16. The molecule has 1 aliphatic heterocycles. The van der Waals surface area contributed by atoms with E-state index in [2.05, 4.69) is 15.7 Å². The molecule has 0 saturated heterocycles. The van der Waals surface area contributed by atoms with Crippen LogP contribution in [0.1, 0.15) is 17.4 Å². The van der Waals surface area contributed by atoms with Crippen molar-refractivity contribution in [1.29, 1.82) is 0 Å². The largest absolute Gasteiger partial charge is 0.492 e. The number of para-hydroxylation sites is 1. The van der Waals surface area contributed by atoms with Crippen molar-refractivity contribution in [1.82, 2.24) is 4.68 Å². The molecule has 0 aliphatic carbocycles. The molecule has 0 saturated carbocycles. The number of anilines is 1. The molecule has 0 bridgehead atoms. The molecule has 152 valence electrons. The lowest BCUT2D eigenvalue weighted by Gasteiger charge is -2.10. The lowest BCUT2D eigenvalue weighted by molar-refractivity contribution is 0.259. The van der Waals surface area contributed by atoms with Crippen molar-refractivity contribution in [2.45, 2.75) is 6.92 Å². The molecule has 10 heteroatoms. The molecule has 4 rings (SSSR count). The second-order valence-electron chi connectivity index (χ2n) is 6.36. The maximum atomic E-state index is 12.3. The first-order chi connectivity index (χ1) is 14.3. The summed E-state index contributed by atoms with van der Waals surface area (Å²) in [6, 6.07) is 11.9. The van der Waals surface area contributed by atoms with Crippen LogP contribution in [0.2, 0.25) is 10.0 Å². The number of rotatable bonds is 3. The molecule has 30 heavy (non-hydrogen) atoms. The van der Waals surface area contributed by atoms with Crippen molar-refractivity contribution in [3.63, 3.8) is 0 Å². The molecule has 6 nitrogen and oxygen atoms in total. The van der Waals surface area contributed by atoms with E-state index < -0.39 is 6.03 Å². The highest BCUT2D eigenvalue weighted by Crippen LogP contribution is 2.38. The maximum absolute atomic E-state index is 12.3. The van der Waals surface area contributed by atoms with E-state index in [0.717, 1.165) is 27.2 Å². The van der Waals surface area contributed by atoms with E-state index in [0.29, 0.717) is 20.6 Å². The van der Waals surface area contributed by atoms with Gasteiger partial charge in [-0.2, -0.15) is 4.68 Å². The van der Waals surface area contributed by atoms with Gasteiger partial charge in [-0.15, -0.1) is 0 Å². The Bertz CT molecular complexity index is 1290. The van der Waals surface area contributed by atoms with E-state index in [1.165, 1.54) is 17.4 Å². The lowest BCUT2D eigenvalue weighted by atomic mass is 10.0. The van der Waals surface area contributed by atoms with Crippen molar-refractivity contribution in [3.8, 4) is 5.88 Å². The number of aromatic hydroxyl groups is 1. The van der Waals surface area contributed by atoms with Gasteiger partial charge in [-0.25, -0.2) is 10.2 Å². The van der Waals surface area contributed by atoms with Gasteiger partial charge in [0.25, 0.3) is 0 Å². The molecule has 0 spiro atoms. The first-order valence-electron chi connectivity index (χ1n) is 8.68. The molecule has 1 aromatic heterocycles. The Morgan fingerprint density at radius 1 is 1.23 bits per heavy atom. The van der Waals surface area contributed by atoms with Crippen molar-refractivity contribution in [3.05, 3.63) is 66.9 Å². The van der Waals surface area contributed by atoms with Gasteiger partial charge < -0.3 is 10.4 Å². The summed E-state index contributed by atoms with van der Waals surface area (Å²) in [7, 11) is 0. The molecule has 3 aromatic rings. The number of amides is 2. The van der Waals surface area contributed by atoms with E-state index in [1.807, 2.05) is 37.3 Å². The predicted molar refractivity (Wildman–Crippen MR) is 127 cm³/mol. The predicted octanol–water partition coefficient (Wildman–Crippen LogP) is 6.71. The summed E-state index contributed by atoms with van der Waals surface area (Å²) in [4.78, 5) is 17.4. The van der Waals surface area contributed by atoms with Gasteiger partial charge in [0.15, 0.2) is 3.95 Å². The van der Waals surface area contributed by atoms with Crippen molar-refractivity contribution < 1.29 is 9.90 Å². The van der Waals surface area contributed by atoms with E-state index >= 15 is 0 Å².